The van der Waals surface area contributed by atoms with Crippen LogP contribution in [0.3, 0.4) is 0 Å². The van der Waals surface area contributed by atoms with Gasteiger partial charge in [-0.25, -0.2) is 4.79 Å². The molecule has 1 atom stereocenters. The summed E-state index contributed by atoms with van der Waals surface area (Å²) in [6, 6.07) is 9.23. The van der Waals surface area contributed by atoms with Crippen LogP contribution in [0.15, 0.2) is 30.3 Å². The van der Waals surface area contributed by atoms with E-state index in [9.17, 15) is 9.90 Å². The molecule has 0 fully saturated rings. The maximum Gasteiger partial charge on any atom is 0.328 e. The summed E-state index contributed by atoms with van der Waals surface area (Å²) in [4.78, 5) is 11.7. The second kappa shape index (κ2) is 14.7. The number of aliphatic carboxylic acids is 1. The fraction of sp³-hybridized carbons (Fsp3) is 0.708. The van der Waals surface area contributed by atoms with E-state index in [1.165, 1.54) is 77.0 Å². The maximum atomic E-state index is 11.7. The number of hydrogen-bond acceptors (Lipinski definition) is 2. The van der Waals surface area contributed by atoms with Gasteiger partial charge in [-0.15, -0.1) is 0 Å². The van der Waals surface area contributed by atoms with Crippen molar-refractivity contribution in [3.63, 3.8) is 0 Å². The van der Waals surface area contributed by atoms with Gasteiger partial charge in [-0.3, -0.25) is 0 Å². The number of nitrogens with two attached hydrogens (primary N) is 1. The highest BCUT2D eigenvalue weighted by Gasteiger charge is 2.35. The third-order valence-electron chi connectivity index (χ3n) is 5.60. The molecule has 1 rings (SSSR count). The quantitative estimate of drug-likeness (QED) is 0.294. The molecule has 0 spiro atoms. The van der Waals surface area contributed by atoms with Crippen LogP contribution in [-0.4, -0.2) is 11.1 Å². The van der Waals surface area contributed by atoms with E-state index < -0.39 is 11.5 Å². The van der Waals surface area contributed by atoms with Crippen LogP contribution in [0, 0.1) is 0 Å². The van der Waals surface area contributed by atoms with Gasteiger partial charge in [0.15, 0.2) is 0 Å². The Balaban J connectivity index is 2.02. The van der Waals surface area contributed by atoms with Gasteiger partial charge in [0, 0.05) is 0 Å². The van der Waals surface area contributed by atoms with Crippen molar-refractivity contribution < 1.29 is 9.90 Å². The molecule has 0 aliphatic rings. The Kier molecular flexibility index (Phi) is 12.9. The third kappa shape index (κ3) is 9.95. The molecule has 0 aromatic heterocycles. The van der Waals surface area contributed by atoms with Crippen LogP contribution in [0.4, 0.5) is 0 Å². The highest BCUT2D eigenvalue weighted by atomic mass is 16.4. The third-order valence-corrected chi connectivity index (χ3v) is 5.60. The monoisotopic (exact) mass is 375 g/mol. The van der Waals surface area contributed by atoms with Crippen LogP contribution >= 0.6 is 0 Å². The van der Waals surface area contributed by atoms with Crippen LogP contribution < -0.4 is 5.73 Å². The number of rotatable bonds is 17. The Bertz CT molecular complexity index is 488. The fourth-order valence-electron chi connectivity index (χ4n) is 3.71. The molecule has 0 aliphatic carbocycles. The number of unbranched alkanes of at least 4 members (excludes halogenated alkanes) is 13. The minimum atomic E-state index is -1.25. The molecule has 3 nitrogen and oxygen atoms in total. The van der Waals surface area contributed by atoms with E-state index in [1.807, 2.05) is 30.3 Å². The second-order valence-electron chi connectivity index (χ2n) is 7.99. The highest BCUT2D eigenvalue weighted by molar-refractivity contribution is 5.80. The minimum absolute atomic E-state index is 0.504. The first-order valence-electron chi connectivity index (χ1n) is 11.2. The highest BCUT2D eigenvalue weighted by Crippen LogP contribution is 2.25. The molecule has 1 aromatic rings. The van der Waals surface area contributed by atoms with E-state index in [-0.39, 0.29) is 0 Å². The molecule has 0 aliphatic heterocycles. The fourth-order valence-corrected chi connectivity index (χ4v) is 3.71. The molecule has 0 radical (unpaired) electrons. The summed E-state index contributed by atoms with van der Waals surface area (Å²) in [7, 11) is 0. The van der Waals surface area contributed by atoms with Gasteiger partial charge in [-0.2, -0.15) is 0 Å². The summed E-state index contributed by atoms with van der Waals surface area (Å²) in [5.74, 6) is -0.927. The summed E-state index contributed by atoms with van der Waals surface area (Å²) >= 11 is 0. The van der Waals surface area contributed by atoms with Gasteiger partial charge in [-0.1, -0.05) is 127 Å². The van der Waals surface area contributed by atoms with Gasteiger partial charge in [0.1, 0.15) is 5.54 Å². The normalized spacial score (nSPS) is 13.4. The Morgan fingerprint density at radius 1 is 0.778 bits per heavy atom. The summed E-state index contributed by atoms with van der Waals surface area (Å²) in [5, 5.41) is 9.56. The van der Waals surface area contributed by atoms with E-state index in [4.69, 9.17) is 5.73 Å². The molecule has 1 unspecified atom stereocenters. The first-order valence-corrected chi connectivity index (χ1v) is 11.2. The molecule has 0 amide bonds. The predicted octanol–water partition coefficient (Wildman–Crippen LogP) is 6.80. The lowest BCUT2D eigenvalue weighted by molar-refractivity contribution is -0.144. The molecule has 0 saturated carbocycles. The van der Waals surface area contributed by atoms with Gasteiger partial charge in [0.2, 0.25) is 0 Å². The summed E-state index contributed by atoms with van der Waals surface area (Å²) in [6.07, 6.45) is 18.6. The van der Waals surface area contributed by atoms with Crippen LogP contribution in [0.25, 0.3) is 0 Å². The average molecular weight is 376 g/mol. The molecule has 0 heterocycles. The molecule has 154 valence electrons. The number of benzene rings is 1. The zero-order valence-corrected chi connectivity index (χ0v) is 17.4. The second-order valence-corrected chi connectivity index (χ2v) is 7.99. The lowest BCUT2D eigenvalue weighted by atomic mass is 9.85. The van der Waals surface area contributed by atoms with E-state index in [2.05, 4.69) is 6.92 Å². The number of carboxylic acids is 1. The Morgan fingerprint density at radius 3 is 1.59 bits per heavy atom. The lowest BCUT2D eigenvalue weighted by Crippen LogP contribution is -2.44. The first-order chi connectivity index (χ1) is 13.1. The van der Waals surface area contributed by atoms with Gasteiger partial charge in [0.25, 0.3) is 0 Å². The van der Waals surface area contributed by atoms with Crippen molar-refractivity contribution in [2.24, 2.45) is 5.73 Å². The smallest absolute Gasteiger partial charge is 0.328 e. The lowest BCUT2D eigenvalue weighted by Gasteiger charge is -2.25. The van der Waals surface area contributed by atoms with Crippen molar-refractivity contribution in [1.29, 1.82) is 0 Å². The number of carbonyl (C=O) groups is 1. The van der Waals surface area contributed by atoms with Gasteiger partial charge in [0.05, 0.1) is 0 Å². The van der Waals surface area contributed by atoms with E-state index in [1.54, 1.807) is 0 Å². The van der Waals surface area contributed by atoms with Gasteiger partial charge in [-0.05, 0) is 12.0 Å². The molecule has 27 heavy (non-hydrogen) atoms. The maximum absolute atomic E-state index is 11.7. The summed E-state index contributed by atoms with van der Waals surface area (Å²) in [6.45, 7) is 2.27. The van der Waals surface area contributed by atoms with Gasteiger partial charge >= 0.3 is 5.97 Å². The SMILES string of the molecule is CCCCCCCCCCCCCCCCC(N)(C(=O)O)c1ccccc1. The standard InChI is InChI=1S/C24H41NO2/c1-2-3-4-5-6-7-8-9-10-11-12-13-14-18-21-24(25,23(26)27)22-19-16-15-17-20-22/h15-17,19-20H,2-14,18,21,25H2,1H3,(H,26,27). The zero-order chi connectivity index (χ0) is 19.8. The van der Waals surface area contributed by atoms with Crippen LogP contribution in [0.5, 0.6) is 0 Å². The molecule has 0 saturated heterocycles. The Labute approximate surface area is 166 Å². The molecule has 1 aromatic carbocycles. The van der Waals surface area contributed by atoms with Gasteiger partial charge < -0.3 is 10.8 Å². The summed E-state index contributed by atoms with van der Waals surface area (Å²) in [5.41, 5.74) is 5.66. The number of carboxylic acid groups (broad SMARTS) is 1. The van der Waals surface area contributed by atoms with E-state index in [0.29, 0.717) is 12.0 Å². The Hall–Kier alpha value is -1.35. The number of hydrogen-bond donors (Lipinski definition) is 2. The molecular weight excluding hydrogens is 334 g/mol. The topological polar surface area (TPSA) is 63.3 Å². The van der Waals surface area contributed by atoms with Crippen molar-refractivity contribution in [1.82, 2.24) is 0 Å². The predicted molar refractivity (Wildman–Crippen MR) is 115 cm³/mol. The van der Waals surface area contributed by atoms with Crippen molar-refractivity contribution in [3.05, 3.63) is 35.9 Å². The first kappa shape index (κ1) is 23.7. The molecule has 3 heteroatoms. The zero-order valence-electron chi connectivity index (χ0n) is 17.4. The summed E-state index contributed by atoms with van der Waals surface area (Å²) < 4.78 is 0. The van der Waals surface area contributed by atoms with E-state index in [0.717, 1.165) is 12.8 Å². The van der Waals surface area contributed by atoms with Crippen molar-refractivity contribution in [3.8, 4) is 0 Å². The van der Waals surface area contributed by atoms with Crippen molar-refractivity contribution in [2.75, 3.05) is 0 Å². The minimum Gasteiger partial charge on any atom is -0.480 e. The van der Waals surface area contributed by atoms with Crippen LogP contribution in [-0.2, 0) is 10.3 Å². The van der Waals surface area contributed by atoms with Crippen LogP contribution in [0.2, 0.25) is 0 Å². The molecule has 0 bridgehead atoms. The van der Waals surface area contributed by atoms with Crippen molar-refractivity contribution >= 4 is 5.97 Å². The van der Waals surface area contributed by atoms with E-state index >= 15 is 0 Å². The van der Waals surface area contributed by atoms with Crippen molar-refractivity contribution in [2.45, 2.75) is 109 Å². The largest absolute Gasteiger partial charge is 0.480 e. The Morgan fingerprint density at radius 2 is 1.19 bits per heavy atom. The average Bonchev–Trinajstić information content (AvgIpc) is 2.68. The molecular formula is C24H41NO2. The van der Waals surface area contributed by atoms with Crippen LogP contribution in [0.1, 0.15) is 109 Å². The molecule has 3 N–H and O–H groups in total.